The average Bonchev–Trinajstić information content (AvgIpc) is 2.81. The number of aromatic amines is 1. The Balaban J connectivity index is 2.25. The Labute approximate surface area is 109 Å². The number of aromatic nitrogens is 2. The van der Waals surface area contributed by atoms with Crippen LogP contribution in [0.4, 0.5) is 0 Å². The summed E-state index contributed by atoms with van der Waals surface area (Å²) in [4.78, 5) is 7.50. The number of methoxy groups -OCH3 is 1. The van der Waals surface area contributed by atoms with Crippen molar-refractivity contribution in [2.45, 2.75) is 0 Å². The number of hydrogen-bond acceptors (Lipinski definition) is 2. The molecule has 2 heterocycles. The number of H-pyrrole nitrogens is 1. The van der Waals surface area contributed by atoms with Gasteiger partial charge in [0.1, 0.15) is 0 Å². The fourth-order valence-electron chi connectivity index (χ4n) is 2.03. The Hall–Kier alpha value is -2.00. The molecule has 0 aliphatic carbocycles. The molecule has 18 heavy (non-hydrogen) atoms. The van der Waals surface area contributed by atoms with Crippen molar-refractivity contribution in [2.24, 2.45) is 0 Å². The summed E-state index contributed by atoms with van der Waals surface area (Å²) in [5.41, 5.74) is 2.76. The van der Waals surface area contributed by atoms with Crippen LogP contribution >= 0.6 is 11.6 Å². The van der Waals surface area contributed by atoms with Crippen LogP contribution in [-0.2, 0) is 0 Å². The monoisotopic (exact) mass is 258 g/mol. The van der Waals surface area contributed by atoms with E-state index >= 15 is 0 Å². The van der Waals surface area contributed by atoms with Crippen molar-refractivity contribution in [3.63, 3.8) is 0 Å². The maximum Gasteiger partial charge on any atom is 0.224 e. The number of benzene rings is 1. The molecule has 0 fully saturated rings. The lowest BCUT2D eigenvalue weighted by atomic mass is 10.2. The first-order chi connectivity index (χ1) is 8.79. The molecule has 3 aromatic rings. The van der Waals surface area contributed by atoms with Crippen LogP contribution in [0.5, 0.6) is 5.88 Å². The fourth-order valence-corrected chi connectivity index (χ4v) is 2.27. The van der Waals surface area contributed by atoms with Crippen molar-refractivity contribution in [1.29, 1.82) is 0 Å². The molecule has 0 saturated carbocycles. The second-order valence-corrected chi connectivity index (χ2v) is 4.35. The number of hydrogen-bond donors (Lipinski definition) is 1. The van der Waals surface area contributed by atoms with Crippen molar-refractivity contribution < 1.29 is 4.74 Å². The Morgan fingerprint density at radius 3 is 2.83 bits per heavy atom. The summed E-state index contributed by atoms with van der Waals surface area (Å²) in [7, 11) is 1.59. The zero-order valence-electron chi connectivity index (χ0n) is 9.77. The van der Waals surface area contributed by atoms with Crippen LogP contribution in [0.15, 0.2) is 42.6 Å². The highest BCUT2D eigenvalue weighted by molar-refractivity contribution is 6.33. The van der Waals surface area contributed by atoms with Crippen molar-refractivity contribution in [3.8, 4) is 17.1 Å². The molecule has 0 amide bonds. The summed E-state index contributed by atoms with van der Waals surface area (Å²) in [5.74, 6) is 0.522. The molecule has 2 aromatic heterocycles. The summed E-state index contributed by atoms with van der Waals surface area (Å²) in [5, 5.41) is 1.75. The first-order valence-electron chi connectivity index (χ1n) is 5.56. The molecule has 3 nitrogen and oxygen atoms in total. The first-order valence-corrected chi connectivity index (χ1v) is 5.94. The normalized spacial score (nSPS) is 10.8. The van der Waals surface area contributed by atoms with Crippen LogP contribution in [0, 0.1) is 0 Å². The van der Waals surface area contributed by atoms with Crippen LogP contribution in [0.25, 0.3) is 22.2 Å². The molecule has 1 N–H and O–H groups in total. The summed E-state index contributed by atoms with van der Waals surface area (Å²) in [6.07, 6.45) is 1.63. The Morgan fingerprint density at radius 2 is 2.06 bits per heavy atom. The molecule has 0 unspecified atom stereocenters. The van der Waals surface area contributed by atoms with Gasteiger partial charge in [0.15, 0.2) is 0 Å². The van der Waals surface area contributed by atoms with Crippen molar-refractivity contribution in [1.82, 2.24) is 9.97 Å². The number of pyridine rings is 1. The van der Waals surface area contributed by atoms with Crippen LogP contribution in [0.3, 0.4) is 0 Å². The van der Waals surface area contributed by atoms with Gasteiger partial charge in [0, 0.05) is 17.1 Å². The van der Waals surface area contributed by atoms with Crippen LogP contribution < -0.4 is 4.74 Å². The first kappa shape index (κ1) is 11.1. The van der Waals surface area contributed by atoms with E-state index < -0.39 is 0 Å². The van der Waals surface area contributed by atoms with Gasteiger partial charge in [0.05, 0.1) is 23.4 Å². The second kappa shape index (κ2) is 4.35. The van der Waals surface area contributed by atoms with Crippen LogP contribution in [0.1, 0.15) is 0 Å². The molecule has 0 aliphatic rings. The van der Waals surface area contributed by atoms with E-state index in [1.54, 1.807) is 19.4 Å². The quantitative estimate of drug-likeness (QED) is 0.757. The van der Waals surface area contributed by atoms with Gasteiger partial charge in [-0.1, -0.05) is 29.8 Å². The van der Waals surface area contributed by atoms with E-state index in [1.165, 1.54) is 0 Å². The molecular weight excluding hydrogens is 248 g/mol. The molecule has 0 aliphatic heterocycles. The minimum Gasteiger partial charge on any atom is -0.480 e. The van der Waals surface area contributed by atoms with Gasteiger partial charge in [-0.05, 0) is 18.2 Å². The Kier molecular flexibility index (Phi) is 2.68. The third kappa shape index (κ3) is 1.73. The predicted molar refractivity (Wildman–Crippen MR) is 73.1 cm³/mol. The lowest BCUT2D eigenvalue weighted by Crippen LogP contribution is -1.92. The number of para-hydroxylation sites is 1. The maximum absolute atomic E-state index is 6.23. The van der Waals surface area contributed by atoms with Gasteiger partial charge in [-0.25, -0.2) is 4.98 Å². The number of ether oxygens (including phenoxy) is 1. The van der Waals surface area contributed by atoms with E-state index in [2.05, 4.69) is 9.97 Å². The van der Waals surface area contributed by atoms with Crippen molar-refractivity contribution in [2.75, 3.05) is 7.11 Å². The van der Waals surface area contributed by atoms with Gasteiger partial charge in [0.2, 0.25) is 5.88 Å². The molecule has 0 atom stereocenters. The lowest BCUT2D eigenvalue weighted by Gasteiger charge is -2.06. The highest BCUT2D eigenvalue weighted by Crippen LogP contribution is 2.35. The lowest BCUT2D eigenvalue weighted by molar-refractivity contribution is 0.399. The summed E-state index contributed by atoms with van der Waals surface area (Å²) in [6, 6.07) is 11.9. The highest BCUT2D eigenvalue weighted by atomic mass is 35.5. The molecule has 90 valence electrons. The second-order valence-electron chi connectivity index (χ2n) is 3.95. The van der Waals surface area contributed by atoms with Gasteiger partial charge >= 0.3 is 0 Å². The fraction of sp³-hybridized carbons (Fsp3) is 0.0714. The minimum absolute atomic E-state index is 0.522. The van der Waals surface area contributed by atoms with E-state index in [9.17, 15) is 0 Å². The Bertz CT molecular complexity index is 673. The van der Waals surface area contributed by atoms with Gasteiger partial charge in [-0.2, -0.15) is 0 Å². The topological polar surface area (TPSA) is 37.9 Å². The molecule has 0 bridgehead atoms. The highest BCUT2D eigenvalue weighted by Gasteiger charge is 2.13. The van der Waals surface area contributed by atoms with Crippen molar-refractivity contribution >= 4 is 22.5 Å². The minimum atomic E-state index is 0.522. The standard InChI is InChI=1S/C14H11ClN2O/c1-18-14-13(10(15)6-7-16-14)12-8-9-4-2-3-5-11(9)17-12/h2-8,17H,1H3. The summed E-state index contributed by atoms with van der Waals surface area (Å²) < 4.78 is 5.26. The maximum atomic E-state index is 6.23. The Morgan fingerprint density at radius 1 is 1.22 bits per heavy atom. The van der Waals surface area contributed by atoms with E-state index in [4.69, 9.17) is 16.3 Å². The SMILES string of the molecule is COc1nccc(Cl)c1-c1cc2ccccc2[nH]1. The molecule has 0 spiro atoms. The van der Waals surface area contributed by atoms with Gasteiger partial charge in [-0.3, -0.25) is 0 Å². The van der Waals surface area contributed by atoms with E-state index in [1.807, 2.05) is 30.3 Å². The number of halogens is 1. The smallest absolute Gasteiger partial charge is 0.224 e. The molecule has 0 saturated heterocycles. The van der Waals surface area contributed by atoms with Gasteiger partial charge in [0.25, 0.3) is 0 Å². The van der Waals surface area contributed by atoms with Crippen molar-refractivity contribution in [3.05, 3.63) is 47.6 Å². The predicted octanol–water partition coefficient (Wildman–Crippen LogP) is 3.89. The van der Waals surface area contributed by atoms with Crippen LogP contribution in [0.2, 0.25) is 5.02 Å². The largest absolute Gasteiger partial charge is 0.480 e. The molecular formula is C14H11ClN2O. The number of nitrogens with one attached hydrogen (secondary N) is 1. The molecule has 0 radical (unpaired) electrons. The van der Waals surface area contributed by atoms with Crippen LogP contribution in [-0.4, -0.2) is 17.1 Å². The summed E-state index contributed by atoms with van der Waals surface area (Å²) in [6.45, 7) is 0. The summed E-state index contributed by atoms with van der Waals surface area (Å²) >= 11 is 6.23. The van der Waals surface area contributed by atoms with Gasteiger partial charge < -0.3 is 9.72 Å². The van der Waals surface area contributed by atoms with E-state index in [0.29, 0.717) is 10.9 Å². The van der Waals surface area contributed by atoms with E-state index in [-0.39, 0.29) is 0 Å². The average molecular weight is 259 g/mol. The number of fused-ring (bicyclic) bond motifs is 1. The van der Waals surface area contributed by atoms with Gasteiger partial charge in [-0.15, -0.1) is 0 Å². The molecule has 1 aromatic carbocycles. The third-order valence-corrected chi connectivity index (χ3v) is 3.17. The zero-order chi connectivity index (χ0) is 12.5. The molecule has 3 rings (SSSR count). The third-order valence-electron chi connectivity index (χ3n) is 2.86. The zero-order valence-corrected chi connectivity index (χ0v) is 10.5. The molecule has 4 heteroatoms. The van der Waals surface area contributed by atoms with E-state index in [0.717, 1.165) is 22.2 Å². The number of nitrogens with zero attached hydrogens (tertiary/aromatic N) is 1. The number of rotatable bonds is 2.